The Labute approximate surface area is 206 Å². The first-order valence-corrected chi connectivity index (χ1v) is 11.2. The number of furan rings is 1. The number of benzene rings is 2. The zero-order valence-electron chi connectivity index (χ0n) is 18.9. The largest absolute Gasteiger partial charge is 0.480 e. The fourth-order valence-electron chi connectivity index (χ4n) is 5.23. The van der Waals surface area contributed by atoms with Crippen molar-refractivity contribution < 1.29 is 27.9 Å². The van der Waals surface area contributed by atoms with Crippen LogP contribution in [-0.2, 0) is 11.3 Å². The quantitative estimate of drug-likeness (QED) is 0.288. The van der Waals surface area contributed by atoms with Crippen LogP contribution in [0.2, 0.25) is 0 Å². The Bertz CT molecular complexity index is 1800. The van der Waals surface area contributed by atoms with Gasteiger partial charge in [0, 0.05) is 46.0 Å². The minimum absolute atomic E-state index is 0.0899. The number of anilines is 1. The summed E-state index contributed by atoms with van der Waals surface area (Å²) in [6.07, 6.45) is 2.71. The number of halogens is 2. The van der Waals surface area contributed by atoms with Gasteiger partial charge in [-0.3, -0.25) is 9.59 Å². The fraction of sp³-hybridized carbons (Fsp3) is 0.115. The van der Waals surface area contributed by atoms with Crippen LogP contribution < -0.4 is 16.2 Å². The molecule has 3 aromatic heterocycles. The molecule has 0 saturated heterocycles. The van der Waals surface area contributed by atoms with Crippen molar-refractivity contribution in [2.75, 3.05) is 4.90 Å². The van der Waals surface area contributed by atoms with Gasteiger partial charge in [0.15, 0.2) is 0 Å². The summed E-state index contributed by atoms with van der Waals surface area (Å²) < 4.78 is 35.8. The number of carboxylic acid groups (broad SMARTS) is 1. The van der Waals surface area contributed by atoms with Gasteiger partial charge in [-0.25, -0.2) is 13.6 Å². The molecule has 9 nitrogen and oxygen atoms in total. The van der Waals surface area contributed by atoms with Gasteiger partial charge in [-0.1, -0.05) is 6.07 Å². The molecule has 4 heterocycles. The highest BCUT2D eigenvalue weighted by Gasteiger charge is 2.47. The first-order valence-electron chi connectivity index (χ1n) is 11.2. The van der Waals surface area contributed by atoms with E-state index in [1.807, 2.05) is 0 Å². The molecule has 5 N–H and O–H groups in total. The molecule has 0 fully saturated rings. The zero-order chi connectivity index (χ0) is 26.0. The molecule has 186 valence electrons. The van der Waals surface area contributed by atoms with Crippen molar-refractivity contribution in [2.45, 2.75) is 18.5 Å². The van der Waals surface area contributed by atoms with Crippen LogP contribution in [0.1, 0.15) is 33.1 Å². The second kappa shape index (κ2) is 8.05. The average molecular weight is 504 g/mol. The molecule has 0 bridgehead atoms. The topological polar surface area (TPSA) is 145 Å². The van der Waals surface area contributed by atoms with Gasteiger partial charge in [-0.15, -0.1) is 0 Å². The molecule has 2 unspecified atom stereocenters. The summed E-state index contributed by atoms with van der Waals surface area (Å²) in [6, 6.07) is 8.40. The van der Waals surface area contributed by atoms with Crippen LogP contribution in [-0.4, -0.2) is 33.0 Å². The summed E-state index contributed by atoms with van der Waals surface area (Å²) in [5, 5.41) is 11.0. The van der Waals surface area contributed by atoms with Gasteiger partial charge in [-0.2, -0.15) is 0 Å². The number of aromatic nitrogens is 2. The number of fused-ring (bicyclic) bond motifs is 4. The maximum atomic E-state index is 15.2. The lowest BCUT2D eigenvalue weighted by Crippen LogP contribution is -2.42. The van der Waals surface area contributed by atoms with Crippen molar-refractivity contribution in [3.8, 4) is 0 Å². The predicted molar refractivity (Wildman–Crippen MR) is 129 cm³/mol. The number of aliphatic carboxylic acids is 1. The Morgan fingerprint density at radius 3 is 2.68 bits per heavy atom. The number of H-pyrrole nitrogens is 2. The van der Waals surface area contributed by atoms with Crippen molar-refractivity contribution in [1.82, 2.24) is 9.97 Å². The Morgan fingerprint density at radius 2 is 1.95 bits per heavy atom. The molecule has 0 radical (unpaired) electrons. The van der Waals surface area contributed by atoms with Crippen molar-refractivity contribution in [1.29, 1.82) is 0 Å². The standard InChI is InChI=1S/C26H18F2N4O5/c27-15-8-17-11(7-18(31-17)24(29)33)6-12(15)10-32-19-9-16(28)13-3-5-37-23(13)21(19)20(22(32)26(35)36)14-2-1-4-30-25(14)34/h1-9,20,22,31H,10H2,(H2,29,33)(H,30,34)(H,35,36). The second-order valence-electron chi connectivity index (χ2n) is 8.88. The third kappa shape index (κ3) is 3.39. The molecule has 1 aliphatic heterocycles. The number of carbonyl (C=O) groups excluding carboxylic acids is 1. The maximum Gasteiger partial charge on any atom is 0.327 e. The molecule has 0 spiro atoms. The van der Waals surface area contributed by atoms with Crippen LogP contribution in [0.4, 0.5) is 14.5 Å². The number of nitrogens with zero attached hydrogens (tertiary/aromatic N) is 1. The van der Waals surface area contributed by atoms with E-state index in [0.29, 0.717) is 16.5 Å². The Balaban J connectivity index is 1.57. The van der Waals surface area contributed by atoms with Gasteiger partial charge in [-0.05, 0) is 36.4 Å². The summed E-state index contributed by atoms with van der Waals surface area (Å²) in [4.78, 5) is 43.6. The molecule has 2 aromatic carbocycles. The summed E-state index contributed by atoms with van der Waals surface area (Å²) in [5.74, 6) is -4.36. The second-order valence-corrected chi connectivity index (χ2v) is 8.88. The van der Waals surface area contributed by atoms with Crippen LogP contribution in [0.3, 0.4) is 0 Å². The number of nitrogens with two attached hydrogens (primary N) is 1. The van der Waals surface area contributed by atoms with Gasteiger partial charge in [0.2, 0.25) is 0 Å². The predicted octanol–water partition coefficient (Wildman–Crippen LogP) is 3.58. The zero-order valence-corrected chi connectivity index (χ0v) is 18.9. The van der Waals surface area contributed by atoms with E-state index in [4.69, 9.17) is 10.2 Å². The minimum atomic E-state index is -1.38. The van der Waals surface area contributed by atoms with Crippen molar-refractivity contribution in [3.63, 3.8) is 0 Å². The summed E-state index contributed by atoms with van der Waals surface area (Å²) in [6.45, 7) is -0.268. The first-order chi connectivity index (χ1) is 17.7. The molecule has 6 rings (SSSR count). The summed E-state index contributed by atoms with van der Waals surface area (Å²) in [7, 11) is 0. The van der Waals surface area contributed by atoms with Crippen molar-refractivity contribution in [2.24, 2.45) is 5.73 Å². The molecule has 37 heavy (non-hydrogen) atoms. The number of carbonyl (C=O) groups is 2. The van der Waals surface area contributed by atoms with Crippen molar-refractivity contribution in [3.05, 3.63) is 99.3 Å². The Hall–Kier alpha value is -4.93. The van der Waals surface area contributed by atoms with E-state index in [9.17, 15) is 19.5 Å². The monoisotopic (exact) mass is 504 g/mol. The van der Waals surface area contributed by atoms with Gasteiger partial charge in [0.05, 0.1) is 17.6 Å². The third-order valence-corrected chi connectivity index (χ3v) is 6.81. The summed E-state index contributed by atoms with van der Waals surface area (Å²) in [5.41, 5.74) is 6.10. The fourth-order valence-corrected chi connectivity index (χ4v) is 5.23. The average Bonchev–Trinajstić information content (AvgIpc) is 3.56. The van der Waals surface area contributed by atoms with Crippen LogP contribution in [0.25, 0.3) is 21.9 Å². The number of aromatic amines is 2. The van der Waals surface area contributed by atoms with Crippen LogP contribution in [0.5, 0.6) is 0 Å². The van der Waals surface area contributed by atoms with Crippen LogP contribution >= 0.6 is 0 Å². The van der Waals surface area contributed by atoms with Gasteiger partial charge in [0.25, 0.3) is 11.5 Å². The van der Waals surface area contributed by atoms with Gasteiger partial charge in [0.1, 0.15) is 29.0 Å². The lowest BCUT2D eigenvalue weighted by atomic mass is 9.87. The number of hydrogen-bond acceptors (Lipinski definition) is 5. The number of hydrogen-bond donors (Lipinski definition) is 4. The molecule has 1 amide bonds. The molecular weight excluding hydrogens is 486 g/mol. The molecule has 2 atom stereocenters. The highest BCUT2D eigenvalue weighted by molar-refractivity contribution is 5.97. The number of rotatable bonds is 5. The third-order valence-electron chi connectivity index (χ3n) is 6.81. The van der Waals surface area contributed by atoms with E-state index in [2.05, 4.69) is 9.97 Å². The lowest BCUT2D eigenvalue weighted by Gasteiger charge is -2.27. The minimum Gasteiger partial charge on any atom is -0.480 e. The molecule has 1 aliphatic rings. The lowest BCUT2D eigenvalue weighted by molar-refractivity contribution is -0.138. The van der Waals surface area contributed by atoms with Crippen molar-refractivity contribution >= 4 is 39.4 Å². The van der Waals surface area contributed by atoms with E-state index in [1.165, 1.54) is 53.8 Å². The molecule has 0 saturated carbocycles. The van der Waals surface area contributed by atoms with Crippen LogP contribution in [0.15, 0.2) is 64.1 Å². The van der Waals surface area contributed by atoms with E-state index >= 15 is 8.78 Å². The Kier molecular flexibility index (Phi) is 4.90. The van der Waals surface area contributed by atoms with E-state index in [0.717, 1.165) is 0 Å². The van der Waals surface area contributed by atoms with Gasteiger partial charge < -0.3 is 30.1 Å². The summed E-state index contributed by atoms with van der Waals surface area (Å²) >= 11 is 0. The maximum absolute atomic E-state index is 15.2. The Morgan fingerprint density at radius 1 is 1.14 bits per heavy atom. The van der Waals surface area contributed by atoms with E-state index in [1.54, 1.807) is 6.07 Å². The normalized spacial score (nSPS) is 17.0. The molecular formula is C26H18F2N4O5. The highest BCUT2D eigenvalue weighted by Crippen LogP contribution is 2.49. The van der Waals surface area contributed by atoms with Crippen LogP contribution in [0, 0.1) is 11.6 Å². The SMILES string of the molecule is NC(=O)c1cc2cc(CN3c4cc(F)c5ccoc5c4C(c4ccc[nH]c4=O)C3C(=O)O)c(F)cc2[nH]1. The van der Waals surface area contributed by atoms with E-state index < -0.39 is 41.0 Å². The molecule has 5 aromatic rings. The smallest absolute Gasteiger partial charge is 0.327 e. The van der Waals surface area contributed by atoms with Gasteiger partial charge >= 0.3 is 5.97 Å². The molecule has 11 heteroatoms. The number of primary amides is 1. The number of amides is 1. The number of nitrogens with one attached hydrogen (secondary N) is 2. The number of pyridine rings is 1. The molecule has 0 aliphatic carbocycles. The highest BCUT2D eigenvalue weighted by atomic mass is 19.1. The van der Waals surface area contributed by atoms with E-state index in [-0.39, 0.29) is 40.0 Å². The number of carboxylic acids is 1. The first kappa shape index (κ1) is 22.5.